The third-order valence-corrected chi connectivity index (χ3v) is 10.2. The highest BCUT2D eigenvalue weighted by molar-refractivity contribution is 5.80. The molecule has 322 valence electrons. The van der Waals surface area contributed by atoms with Crippen molar-refractivity contribution in [1.82, 2.24) is 19.9 Å². The molecule has 66 heavy (non-hydrogen) atoms. The van der Waals surface area contributed by atoms with Crippen LogP contribution < -0.4 is 21.3 Å². The van der Waals surface area contributed by atoms with E-state index in [2.05, 4.69) is 61.6 Å². The second kappa shape index (κ2) is 21.0. The lowest BCUT2D eigenvalue weighted by Gasteiger charge is -2.17. The average Bonchev–Trinajstić information content (AvgIpc) is 4.07. The van der Waals surface area contributed by atoms with Crippen molar-refractivity contribution in [3.05, 3.63) is 173 Å². The Morgan fingerprint density at radius 3 is 1.42 bits per heavy atom. The Kier molecular flexibility index (Phi) is 14.2. The van der Waals surface area contributed by atoms with Gasteiger partial charge in [0.1, 0.15) is 23.2 Å². The van der Waals surface area contributed by atoms with Gasteiger partial charge in [0.05, 0.1) is 59.1 Å². The van der Waals surface area contributed by atoms with E-state index in [0.29, 0.717) is 52.6 Å². The molecule has 0 aliphatic heterocycles. The largest absolute Gasteiger partial charge is 0.464 e. The second-order valence-corrected chi connectivity index (χ2v) is 15.0. The number of nitrogens with one attached hydrogen (secondary N) is 4. The number of hydrogen-bond acceptors (Lipinski definition) is 14. The smallest absolute Gasteiger partial charge is 0.229 e. The van der Waals surface area contributed by atoms with Crippen LogP contribution >= 0.6 is 0 Å². The number of hydrogen-bond donors (Lipinski definition) is 4. The van der Waals surface area contributed by atoms with Crippen LogP contribution in [0.3, 0.4) is 0 Å². The molecule has 0 bridgehead atoms. The van der Waals surface area contributed by atoms with Crippen molar-refractivity contribution < 1.29 is 8.83 Å². The van der Waals surface area contributed by atoms with Crippen molar-refractivity contribution >= 4 is 52.4 Å². The van der Waals surface area contributed by atoms with Gasteiger partial charge in [-0.15, -0.1) is 0 Å². The first-order valence-electron chi connectivity index (χ1n) is 20.7. The van der Waals surface area contributed by atoms with Crippen molar-refractivity contribution in [2.75, 3.05) is 21.3 Å². The average molecular weight is 867 g/mol. The first-order chi connectivity index (χ1) is 32.1. The molecule has 0 unspecified atom stereocenters. The van der Waals surface area contributed by atoms with Gasteiger partial charge in [-0.1, -0.05) is 12.1 Å². The topological polar surface area (TPSA) is 221 Å². The summed E-state index contributed by atoms with van der Waals surface area (Å²) < 4.78 is 11.2. The van der Waals surface area contributed by atoms with Gasteiger partial charge in [-0.05, 0) is 159 Å². The predicted molar refractivity (Wildman–Crippen MR) is 255 cm³/mol. The number of benzene rings is 4. The maximum absolute atomic E-state index is 8.99. The van der Waals surface area contributed by atoms with Gasteiger partial charge in [-0.25, -0.2) is 9.97 Å². The lowest BCUT2D eigenvalue weighted by molar-refractivity contribution is 0.582. The van der Waals surface area contributed by atoms with Crippen molar-refractivity contribution in [3.63, 3.8) is 0 Å². The highest BCUT2D eigenvalue weighted by atomic mass is 16.3. The number of aromatic nitrogens is 4. The number of anilines is 8. The third kappa shape index (κ3) is 11.1. The van der Waals surface area contributed by atoms with E-state index in [-0.39, 0.29) is 0 Å². The number of allylic oxidation sites excluding steroid dienone is 1. The van der Waals surface area contributed by atoms with Gasteiger partial charge in [-0.3, -0.25) is 0 Å². The zero-order valence-electron chi connectivity index (χ0n) is 36.5. The van der Waals surface area contributed by atoms with Gasteiger partial charge < -0.3 is 30.1 Å². The minimum Gasteiger partial charge on any atom is -0.464 e. The van der Waals surface area contributed by atoms with Crippen LogP contribution in [0.4, 0.5) is 46.3 Å². The molecule has 8 aromatic rings. The summed E-state index contributed by atoms with van der Waals surface area (Å²) in [6.45, 7) is 8.08. The fraction of sp³-hybridized carbons (Fsp3) is 0.115. The van der Waals surface area contributed by atoms with Crippen LogP contribution in [0.1, 0.15) is 50.9 Å². The van der Waals surface area contributed by atoms with E-state index in [1.807, 2.05) is 82.3 Å². The van der Waals surface area contributed by atoms with Crippen LogP contribution in [0, 0.1) is 73.0 Å². The quantitative estimate of drug-likeness (QED) is 0.0792. The SMILES string of the molecule is Cc1cc(/C=C/C#N)cc(C)c1Nc1nc(Nc2ccc(C#N)cc2)ncc1-c1ccco1.Cc1cc(CCC#N)cc(C)c1Nc1nc(Nc2ccc(C#N)cc2)ncc1-c1ccco1. The van der Waals surface area contributed by atoms with Crippen molar-refractivity contribution in [1.29, 1.82) is 21.0 Å². The molecule has 4 aromatic carbocycles. The molecule has 0 spiro atoms. The lowest BCUT2D eigenvalue weighted by Crippen LogP contribution is -2.05. The van der Waals surface area contributed by atoms with Crippen LogP contribution in [-0.2, 0) is 6.42 Å². The Bertz CT molecular complexity index is 3120. The maximum Gasteiger partial charge on any atom is 0.229 e. The highest BCUT2D eigenvalue weighted by Crippen LogP contribution is 2.35. The highest BCUT2D eigenvalue weighted by Gasteiger charge is 2.17. The first kappa shape index (κ1) is 44.6. The molecule has 8 rings (SSSR count). The molecular formula is C52H42N12O2. The number of furan rings is 2. The molecule has 0 saturated carbocycles. The fourth-order valence-corrected chi connectivity index (χ4v) is 7.07. The molecular weight excluding hydrogens is 825 g/mol. The summed E-state index contributed by atoms with van der Waals surface area (Å²) in [5, 5.41) is 48.9. The fourth-order valence-electron chi connectivity index (χ4n) is 7.07. The minimum absolute atomic E-state index is 0.404. The zero-order valence-corrected chi connectivity index (χ0v) is 36.5. The molecule has 0 aliphatic carbocycles. The van der Waals surface area contributed by atoms with E-state index in [4.69, 9.17) is 39.8 Å². The molecule has 14 heteroatoms. The van der Waals surface area contributed by atoms with Crippen LogP contribution in [-0.4, -0.2) is 19.9 Å². The Labute approximate surface area is 382 Å². The van der Waals surface area contributed by atoms with Crippen molar-refractivity contribution in [2.24, 2.45) is 0 Å². The summed E-state index contributed by atoms with van der Waals surface area (Å²) in [6.07, 6.45) is 11.1. The Morgan fingerprint density at radius 2 is 1.03 bits per heavy atom. The van der Waals surface area contributed by atoms with Crippen molar-refractivity contribution in [3.8, 4) is 46.9 Å². The Hall–Kier alpha value is -9.50. The number of nitrogens with zero attached hydrogens (tertiary/aromatic N) is 8. The first-order valence-corrected chi connectivity index (χ1v) is 20.7. The Morgan fingerprint density at radius 1 is 0.576 bits per heavy atom. The summed E-state index contributed by atoms with van der Waals surface area (Å²) in [5.74, 6) is 3.31. The summed E-state index contributed by atoms with van der Waals surface area (Å²) in [5.41, 5.74) is 12.3. The molecule has 4 aromatic heterocycles. The molecule has 0 aliphatic rings. The lowest BCUT2D eigenvalue weighted by atomic mass is 10.0. The third-order valence-electron chi connectivity index (χ3n) is 10.2. The molecule has 4 N–H and O–H groups in total. The minimum atomic E-state index is 0.404. The maximum atomic E-state index is 8.99. The van der Waals surface area contributed by atoms with E-state index in [1.165, 1.54) is 6.08 Å². The van der Waals surface area contributed by atoms with Crippen LogP contribution in [0.15, 0.2) is 137 Å². The van der Waals surface area contributed by atoms with Gasteiger partial charge in [0.2, 0.25) is 11.9 Å². The molecule has 0 radical (unpaired) electrons. The molecule has 0 saturated heterocycles. The number of nitriles is 4. The molecule has 4 heterocycles. The summed E-state index contributed by atoms with van der Waals surface area (Å²) in [7, 11) is 0. The van der Waals surface area contributed by atoms with Crippen LogP contribution in [0.2, 0.25) is 0 Å². The van der Waals surface area contributed by atoms with Gasteiger partial charge in [0.25, 0.3) is 0 Å². The van der Waals surface area contributed by atoms with E-state index in [0.717, 1.165) is 73.7 Å². The molecule has 0 amide bonds. The molecule has 0 atom stereocenters. The second-order valence-electron chi connectivity index (χ2n) is 15.0. The van der Waals surface area contributed by atoms with E-state index < -0.39 is 0 Å². The monoisotopic (exact) mass is 866 g/mol. The van der Waals surface area contributed by atoms with Gasteiger partial charge in [0, 0.05) is 47.6 Å². The van der Waals surface area contributed by atoms with Gasteiger partial charge in [-0.2, -0.15) is 31.0 Å². The summed E-state index contributed by atoms with van der Waals surface area (Å²) >= 11 is 0. The standard InChI is InChI=1S/C26H22N6O.C26H20N6O/c2*1-17-13-20(5-3-11-27)14-18(2)24(17)31-25-22(23-6-4-12-33-23)16-29-26(32-25)30-21-9-7-19(15-28)8-10-21/h4,6-10,12-14,16H,3,5H2,1-2H3,(H2,29,30,31,32);3-10,12-14,16H,1-2H3,(H2,29,30,31,32)/b;5-3+. The van der Waals surface area contributed by atoms with Crippen LogP contribution in [0.25, 0.3) is 28.7 Å². The van der Waals surface area contributed by atoms with E-state index >= 15 is 0 Å². The molecule has 14 nitrogen and oxygen atoms in total. The number of aryl methyl sites for hydroxylation is 5. The number of rotatable bonds is 13. The summed E-state index contributed by atoms with van der Waals surface area (Å²) in [6, 6.07) is 38.1. The zero-order chi connectivity index (χ0) is 46.4. The van der Waals surface area contributed by atoms with E-state index in [1.54, 1.807) is 67.4 Å². The van der Waals surface area contributed by atoms with Gasteiger partial charge in [0.15, 0.2) is 0 Å². The predicted octanol–water partition coefficient (Wildman–Crippen LogP) is 12.4. The van der Waals surface area contributed by atoms with Crippen LogP contribution in [0.5, 0.6) is 0 Å². The van der Waals surface area contributed by atoms with E-state index in [9.17, 15) is 0 Å². The normalized spacial score (nSPS) is 10.4. The Balaban J connectivity index is 0.000000196. The summed E-state index contributed by atoms with van der Waals surface area (Å²) in [4.78, 5) is 18.3. The molecule has 0 fully saturated rings. The van der Waals surface area contributed by atoms with Gasteiger partial charge >= 0.3 is 0 Å². The van der Waals surface area contributed by atoms with Crippen molar-refractivity contribution in [2.45, 2.75) is 40.5 Å².